The molecule has 0 amide bonds. The van der Waals surface area contributed by atoms with Crippen molar-refractivity contribution in [1.82, 2.24) is 20.5 Å². The fourth-order valence-corrected chi connectivity index (χ4v) is 4.12. The third-order valence-corrected chi connectivity index (χ3v) is 5.69. The van der Waals surface area contributed by atoms with Crippen molar-refractivity contribution in [2.24, 2.45) is 0 Å². The molecule has 6 heteroatoms. The third-order valence-electron chi connectivity index (χ3n) is 4.42. The molecular formula is C20H26N4S2. The molecule has 1 aromatic carbocycles. The molecule has 2 heterocycles. The van der Waals surface area contributed by atoms with E-state index in [4.69, 9.17) is 12.2 Å². The van der Waals surface area contributed by atoms with Crippen molar-refractivity contribution >= 4 is 39.6 Å². The first-order valence-electron chi connectivity index (χ1n) is 8.91. The van der Waals surface area contributed by atoms with Crippen LogP contribution >= 0.6 is 23.6 Å². The minimum absolute atomic E-state index is 0.271. The largest absolute Gasteiger partial charge is 0.363 e. The van der Waals surface area contributed by atoms with E-state index < -0.39 is 0 Å². The number of nitrogens with one attached hydrogen (secondary N) is 3. The number of H-pyrrole nitrogens is 1. The van der Waals surface area contributed by atoms with Gasteiger partial charge >= 0.3 is 0 Å². The average Bonchev–Trinajstić information content (AvgIpc) is 3.29. The van der Waals surface area contributed by atoms with Gasteiger partial charge in [0.15, 0.2) is 5.11 Å². The van der Waals surface area contributed by atoms with Crippen LogP contribution in [0.1, 0.15) is 22.8 Å². The van der Waals surface area contributed by atoms with Crippen molar-refractivity contribution in [2.75, 3.05) is 33.7 Å². The molecule has 1 atom stereocenters. The van der Waals surface area contributed by atoms with Crippen LogP contribution in [0.2, 0.25) is 0 Å². The summed E-state index contributed by atoms with van der Waals surface area (Å²) in [5.41, 5.74) is 2.49. The topological polar surface area (TPSA) is 43.1 Å². The molecular weight excluding hydrogens is 360 g/mol. The second-order valence-electron chi connectivity index (χ2n) is 6.65. The lowest BCUT2D eigenvalue weighted by molar-refractivity contribution is 0.400. The van der Waals surface area contributed by atoms with Crippen molar-refractivity contribution in [2.45, 2.75) is 12.3 Å². The summed E-state index contributed by atoms with van der Waals surface area (Å²) in [4.78, 5) is 6.92. The normalized spacial score (nSPS) is 12.4. The molecule has 0 saturated carbocycles. The van der Waals surface area contributed by atoms with Gasteiger partial charge in [-0.05, 0) is 62.4 Å². The van der Waals surface area contributed by atoms with Crippen molar-refractivity contribution in [1.29, 1.82) is 0 Å². The fraction of sp³-hybridized carbons (Fsp3) is 0.350. The first kappa shape index (κ1) is 18.9. The number of thiocarbonyl (C=S) groups is 1. The van der Waals surface area contributed by atoms with E-state index >= 15 is 0 Å². The maximum absolute atomic E-state index is 5.47. The van der Waals surface area contributed by atoms with Gasteiger partial charge in [0.25, 0.3) is 0 Å². The molecule has 3 rings (SSSR count). The summed E-state index contributed by atoms with van der Waals surface area (Å²) in [5.74, 6) is 0.271. The monoisotopic (exact) mass is 386 g/mol. The second kappa shape index (κ2) is 9.16. The van der Waals surface area contributed by atoms with Crippen LogP contribution in [0, 0.1) is 0 Å². The summed E-state index contributed by atoms with van der Waals surface area (Å²) in [5, 5.41) is 10.9. The number of nitrogens with zero attached hydrogens (tertiary/aromatic N) is 1. The fourth-order valence-electron chi connectivity index (χ4n) is 3.09. The van der Waals surface area contributed by atoms with Gasteiger partial charge in [-0.3, -0.25) is 0 Å². The van der Waals surface area contributed by atoms with Crippen LogP contribution in [0.3, 0.4) is 0 Å². The zero-order valence-electron chi connectivity index (χ0n) is 15.3. The molecule has 2 aromatic heterocycles. The van der Waals surface area contributed by atoms with Gasteiger partial charge in [-0.2, -0.15) is 0 Å². The smallest absolute Gasteiger partial charge is 0.166 e. The molecule has 0 spiro atoms. The highest BCUT2D eigenvalue weighted by Gasteiger charge is 2.19. The van der Waals surface area contributed by atoms with Gasteiger partial charge < -0.3 is 20.5 Å². The van der Waals surface area contributed by atoms with E-state index in [0.29, 0.717) is 0 Å². The Balaban J connectivity index is 1.66. The predicted octanol–water partition coefficient (Wildman–Crippen LogP) is 3.78. The molecule has 0 fully saturated rings. The Morgan fingerprint density at radius 1 is 1.19 bits per heavy atom. The minimum atomic E-state index is 0.271. The van der Waals surface area contributed by atoms with Gasteiger partial charge in [-0.1, -0.05) is 24.3 Å². The molecule has 0 aliphatic rings. The van der Waals surface area contributed by atoms with E-state index in [0.717, 1.165) is 31.2 Å². The quantitative estimate of drug-likeness (QED) is 0.407. The van der Waals surface area contributed by atoms with Crippen LogP contribution in [0.15, 0.2) is 48.0 Å². The van der Waals surface area contributed by atoms with Gasteiger partial charge in [0.05, 0.1) is 0 Å². The van der Waals surface area contributed by atoms with Crippen LogP contribution in [0.25, 0.3) is 10.9 Å². The van der Waals surface area contributed by atoms with Crippen molar-refractivity contribution in [3.05, 3.63) is 58.4 Å². The molecule has 0 aliphatic heterocycles. The summed E-state index contributed by atoms with van der Waals surface area (Å²) in [6.45, 7) is 2.73. The molecule has 4 nitrogen and oxygen atoms in total. The Morgan fingerprint density at radius 2 is 2.04 bits per heavy atom. The first-order valence-corrected chi connectivity index (χ1v) is 10.2. The Labute approximate surface area is 164 Å². The van der Waals surface area contributed by atoms with Crippen LogP contribution in [0.5, 0.6) is 0 Å². The summed E-state index contributed by atoms with van der Waals surface area (Å²) >= 11 is 7.26. The number of rotatable bonds is 8. The molecule has 0 bridgehead atoms. The van der Waals surface area contributed by atoms with Gasteiger partial charge in [-0.15, -0.1) is 11.3 Å². The molecule has 3 N–H and O–H groups in total. The number of hydrogen-bond donors (Lipinski definition) is 3. The highest BCUT2D eigenvalue weighted by molar-refractivity contribution is 7.80. The van der Waals surface area contributed by atoms with Crippen molar-refractivity contribution in [3.8, 4) is 0 Å². The van der Waals surface area contributed by atoms with Crippen LogP contribution in [-0.4, -0.2) is 48.7 Å². The standard InChI is InChI=1S/C20H26N4S2/c1-24(2)11-6-10-21-20(25)23-14-17(19-9-5-12-26-19)16-13-22-18-8-4-3-7-15(16)18/h3-5,7-9,12-13,17,22H,6,10-11,14H2,1-2H3,(H2,21,23,25)/t17-/m1/s1. The maximum atomic E-state index is 5.47. The van der Waals surface area contributed by atoms with Gasteiger partial charge in [0.2, 0.25) is 0 Å². The van der Waals surface area contributed by atoms with E-state index in [2.05, 4.69) is 82.6 Å². The van der Waals surface area contributed by atoms with Gasteiger partial charge in [-0.25, -0.2) is 0 Å². The lowest BCUT2D eigenvalue weighted by Gasteiger charge is -2.18. The molecule has 3 aromatic rings. The van der Waals surface area contributed by atoms with Gasteiger partial charge in [0.1, 0.15) is 0 Å². The summed E-state index contributed by atoms with van der Waals surface area (Å²) < 4.78 is 0. The number of benzene rings is 1. The molecule has 26 heavy (non-hydrogen) atoms. The Hall–Kier alpha value is -1.89. The summed E-state index contributed by atoms with van der Waals surface area (Å²) in [7, 11) is 4.17. The number of aromatic nitrogens is 1. The highest BCUT2D eigenvalue weighted by atomic mass is 32.1. The zero-order valence-corrected chi connectivity index (χ0v) is 16.9. The van der Waals surface area contributed by atoms with E-state index in [9.17, 15) is 0 Å². The number of fused-ring (bicyclic) bond motifs is 1. The van der Waals surface area contributed by atoms with E-state index in [1.807, 2.05) is 0 Å². The van der Waals surface area contributed by atoms with Crippen LogP contribution in [0.4, 0.5) is 0 Å². The number of hydrogen-bond acceptors (Lipinski definition) is 3. The number of aromatic amines is 1. The van der Waals surface area contributed by atoms with Crippen LogP contribution in [-0.2, 0) is 0 Å². The minimum Gasteiger partial charge on any atom is -0.363 e. The molecule has 0 unspecified atom stereocenters. The summed E-state index contributed by atoms with van der Waals surface area (Å²) in [6.07, 6.45) is 3.20. The third kappa shape index (κ3) is 4.84. The zero-order chi connectivity index (χ0) is 18.4. The van der Waals surface area contributed by atoms with E-state index in [1.165, 1.54) is 21.3 Å². The SMILES string of the molecule is CN(C)CCCNC(=S)NC[C@@H](c1cccs1)c1c[nH]c2ccccc12. The lowest BCUT2D eigenvalue weighted by Crippen LogP contribution is -2.38. The number of para-hydroxylation sites is 1. The van der Waals surface area contributed by atoms with Crippen molar-refractivity contribution in [3.63, 3.8) is 0 Å². The lowest BCUT2D eigenvalue weighted by atomic mass is 9.97. The Bertz CT molecular complexity index is 823. The molecule has 0 radical (unpaired) electrons. The van der Waals surface area contributed by atoms with Crippen molar-refractivity contribution < 1.29 is 0 Å². The molecule has 0 saturated heterocycles. The second-order valence-corrected chi connectivity index (χ2v) is 8.04. The first-order chi connectivity index (χ1) is 12.6. The van der Waals surface area contributed by atoms with Crippen LogP contribution < -0.4 is 10.6 Å². The number of thiophene rings is 1. The molecule has 138 valence electrons. The Kier molecular flexibility index (Phi) is 6.66. The van der Waals surface area contributed by atoms with E-state index in [-0.39, 0.29) is 5.92 Å². The average molecular weight is 387 g/mol. The van der Waals surface area contributed by atoms with E-state index in [1.54, 1.807) is 11.3 Å². The Morgan fingerprint density at radius 3 is 2.81 bits per heavy atom. The van der Waals surface area contributed by atoms with Gasteiger partial charge in [0, 0.05) is 41.0 Å². The summed E-state index contributed by atoms with van der Waals surface area (Å²) in [6, 6.07) is 12.8. The maximum Gasteiger partial charge on any atom is 0.166 e. The predicted molar refractivity (Wildman–Crippen MR) is 116 cm³/mol. The molecule has 0 aliphatic carbocycles. The highest BCUT2D eigenvalue weighted by Crippen LogP contribution is 2.32.